The van der Waals surface area contributed by atoms with E-state index in [9.17, 15) is 9.18 Å². The quantitative estimate of drug-likeness (QED) is 0.720. The number of imidazole rings is 1. The molecule has 0 fully saturated rings. The SMILES string of the molecule is CC(=O)NCCn1cnc(-c2ccccc2)c1-c1c(Cl)ccc(C)c1F. The van der Waals surface area contributed by atoms with E-state index in [0.717, 1.165) is 5.56 Å². The lowest BCUT2D eigenvalue weighted by atomic mass is 10.0. The van der Waals surface area contributed by atoms with Crippen LogP contribution in [0.3, 0.4) is 0 Å². The number of nitrogens with one attached hydrogen (secondary N) is 1. The maximum absolute atomic E-state index is 15.0. The molecule has 3 rings (SSSR count). The zero-order valence-electron chi connectivity index (χ0n) is 14.6. The van der Waals surface area contributed by atoms with Crippen LogP contribution in [0.25, 0.3) is 22.5 Å². The number of benzene rings is 2. The largest absolute Gasteiger partial charge is 0.355 e. The van der Waals surface area contributed by atoms with E-state index in [1.807, 2.05) is 34.9 Å². The predicted octanol–water partition coefficient (Wildman–Crippen LogP) is 4.45. The van der Waals surface area contributed by atoms with Crippen molar-refractivity contribution in [2.75, 3.05) is 6.54 Å². The van der Waals surface area contributed by atoms with Gasteiger partial charge in [-0.3, -0.25) is 4.79 Å². The van der Waals surface area contributed by atoms with Crippen LogP contribution in [0.5, 0.6) is 0 Å². The van der Waals surface area contributed by atoms with E-state index in [2.05, 4.69) is 10.3 Å². The summed E-state index contributed by atoms with van der Waals surface area (Å²) in [6.45, 7) is 4.03. The van der Waals surface area contributed by atoms with E-state index in [-0.39, 0.29) is 11.7 Å². The monoisotopic (exact) mass is 371 g/mol. The molecule has 2 aromatic carbocycles. The van der Waals surface area contributed by atoms with Crippen LogP contribution in [0.15, 0.2) is 48.8 Å². The van der Waals surface area contributed by atoms with E-state index >= 15 is 0 Å². The van der Waals surface area contributed by atoms with Crippen molar-refractivity contribution in [1.82, 2.24) is 14.9 Å². The highest BCUT2D eigenvalue weighted by Gasteiger charge is 2.21. The van der Waals surface area contributed by atoms with Crippen LogP contribution in [-0.4, -0.2) is 22.0 Å². The Hall–Kier alpha value is -2.66. The summed E-state index contributed by atoms with van der Waals surface area (Å²) in [7, 11) is 0. The molecule has 0 aliphatic carbocycles. The minimum absolute atomic E-state index is 0.116. The molecule has 0 spiro atoms. The van der Waals surface area contributed by atoms with Gasteiger partial charge in [-0.1, -0.05) is 48.0 Å². The number of aromatic nitrogens is 2. The zero-order valence-corrected chi connectivity index (χ0v) is 15.3. The third-order valence-electron chi connectivity index (χ3n) is 4.13. The molecule has 0 unspecified atom stereocenters. The number of carbonyl (C=O) groups excluding carboxylic acids is 1. The lowest BCUT2D eigenvalue weighted by Gasteiger charge is -2.14. The van der Waals surface area contributed by atoms with Crippen LogP contribution in [0, 0.1) is 12.7 Å². The Balaban J connectivity index is 2.16. The number of aryl methyl sites for hydroxylation is 1. The first-order chi connectivity index (χ1) is 12.5. The van der Waals surface area contributed by atoms with Crippen molar-refractivity contribution in [3.63, 3.8) is 0 Å². The van der Waals surface area contributed by atoms with E-state index in [1.54, 1.807) is 25.4 Å². The minimum atomic E-state index is -0.365. The molecular formula is C20H19ClFN3O. The Bertz CT molecular complexity index is 938. The van der Waals surface area contributed by atoms with Crippen molar-refractivity contribution < 1.29 is 9.18 Å². The summed E-state index contributed by atoms with van der Waals surface area (Å²) in [6, 6.07) is 12.9. The smallest absolute Gasteiger partial charge is 0.216 e. The van der Waals surface area contributed by atoms with Crippen molar-refractivity contribution in [3.8, 4) is 22.5 Å². The van der Waals surface area contributed by atoms with Gasteiger partial charge in [0.1, 0.15) is 5.82 Å². The van der Waals surface area contributed by atoms with E-state index in [0.29, 0.717) is 40.6 Å². The highest BCUT2D eigenvalue weighted by atomic mass is 35.5. The Morgan fingerprint density at radius 3 is 2.65 bits per heavy atom. The average molecular weight is 372 g/mol. The van der Waals surface area contributed by atoms with Crippen LogP contribution >= 0.6 is 11.6 Å². The molecule has 0 atom stereocenters. The second-order valence-corrected chi connectivity index (χ2v) is 6.44. The fourth-order valence-corrected chi connectivity index (χ4v) is 3.08. The molecule has 0 aliphatic heterocycles. The van der Waals surface area contributed by atoms with Crippen LogP contribution < -0.4 is 5.32 Å². The molecule has 134 valence electrons. The molecule has 0 saturated carbocycles. The first kappa shape index (κ1) is 18.1. The van der Waals surface area contributed by atoms with Crippen molar-refractivity contribution in [3.05, 3.63) is 65.2 Å². The van der Waals surface area contributed by atoms with Gasteiger partial charge in [-0.15, -0.1) is 0 Å². The minimum Gasteiger partial charge on any atom is -0.355 e. The second kappa shape index (κ2) is 7.70. The Morgan fingerprint density at radius 1 is 1.23 bits per heavy atom. The number of rotatable bonds is 5. The van der Waals surface area contributed by atoms with Gasteiger partial charge in [-0.25, -0.2) is 9.37 Å². The van der Waals surface area contributed by atoms with Crippen LogP contribution in [-0.2, 0) is 11.3 Å². The lowest BCUT2D eigenvalue weighted by molar-refractivity contribution is -0.118. The third-order valence-corrected chi connectivity index (χ3v) is 4.45. The molecule has 1 aromatic heterocycles. The predicted molar refractivity (Wildman–Crippen MR) is 101 cm³/mol. The van der Waals surface area contributed by atoms with Gasteiger partial charge < -0.3 is 9.88 Å². The van der Waals surface area contributed by atoms with Gasteiger partial charge >= 0.3 is 0 Å². The number of halogens is 2. The van der Waals surface area contributed by atoms with Gasteiger partial charge in [0, 0.05) is 25.6 Å². The summed E-state index contributed by atoms with van der Waals surface area (Å²) in [6.07, 6.45) is 1.65. The average Bonchev–Trinajstić information content (AvgIpc) is 3.03. The standard InChI is InChI=1S/C20H19ClFN3O/c1-13-8-9-16(21)17(18(13)22)20-19(15-6-4-3-5-7-15)24-12-25(20)11-10-23-14(2)26/h3-9,12H,10-11H2,1-2H3,(H,23,26). The molecule has 4 nitrogen and oxygen atoms in total. The van der Waals surface area contributed by atoms with Gasteiger partial charge in [-0.2, -0.15) is 0 Å². The summed E-state index contributed by atoms with van der Waals surface area (Å²) >= 11 is 6.36. The van der Waals surface area contributed by atoms with Gasteiger partial charge in [0.25, 0.3) is 0 Å². The highest BCUT2D eigenvalue weighted by Crippen LogP contribution is 2.38. The van der Waals surface area contributed by atoms with E-state index in [4.69, 9.17) is 11.6 Å². The number of hydrogen-bond donors (Lipinski definition) is 1. The number of hydrogen-bond acceptors (Lipinski definition) is 2. The van der Waals surface area contributed by atoms with E-state index < -0.39 is 0 Å². The fourth-order valence-electron chi connectivity index (χ4n) is 2.85. The molecule has 0 aliphatic rings. The molecule has 26 heavy (non-hydrogen) atoms. The summed E-state index contributed by atoms with van der Waals surface area (Å²) in [5, 5.41) is 3.07. The Labute approximate surface area is 156 Å². The van der Waals surface area contributed by atoms with Crippen molar-refractivity contribution in [2.45, 2.75) is 20.4 Å². The van der Waals surface area contributed by atoms with Gasteiger partial charge in [0.2, 0.25) is 5.91 Å². The molecule has 1 N–H and O–H groups in total. The number of carbonyl (C=O) groups is 1. The molecular weight excluding hydrogens is 353 g/mol. The Morgan fingerprint density at radius 2 is 1.96 bits per heavy atom. The molecule has 0 radical (unpaired) electrons. The molecule has 6 heteroatoms. The van der Waals surface area contributed by atoms with Gasteiger partial charge in [-0.05, 0) is 18.6 Å². The summed E-state index contributed by atoms with van der Waals surface area (Å²) in [4.78, 5) is 15.6. The van der Waals surface area contributed by atoms with Crippen LogP contribution in [0.4, 0.5) is 4.39 Å². The van der Waals surface area contributed by atoms with Crippen LogP contribution in [0.2, 0.25) is 5.02 Å². The third kappa shape index (κ3) is 3.63. The zero-order chi connectivity index (χ0) is 18.7. The molecule has 0 bridgehead atoms. The van der Waals surface area contributed by atoms with Crippen LogP contribution in [0.1, 0.15) is 12.5 Å². The number of amides is 1. The molecule has 1 heterocycles. The molecule has 0 saturated heterocycles. The van der Waals surface area contributed by atoms with E-state index in [1.165, 1.54) is 6.92 Å². The van der Waals surface area contributed by atoms with Crippen molar-refractivity contribution in [1.29, 1.82) is 0 Å². The Kier molecular flexibility index (Phi) is 5.38. The van der Waals surface area contributed by atoms with Crippen molar-refractivity contribution >= 4 is 17.5 Å². The fraction of sp³-hybridized carbons (Fsp3) is 0.200. The first-order valence-electron chi connectivity index (χ1n) is 8.29. The summed E-state index contributed by atoms with van der Waals surface area (Å²) < 4.78 is 16.8. The van der Waals surface area contributed by atoms with Crippen molar-refractivity contribution in [2.24, 2.45) is 0 Å². The van der Waals surface area contributed by atoms with Gasteiger partial charge in [0.05, 0.1) is 28.3 Å². The number of nitrogens with zero attached hydrogens (tertiary/aromatic N) is 2. The topological polar surface area (TPSA) is 46.9 Å². The maximum Gasteiger partial charge on any atom is 0.216 e. The lowest BCUT2D eigenvalue weighted by Crippen LogP contribution is -2.24. The molecule has 1 amide bonds. The highest BCUT2D eigenvalue weighted by molar-refractivity contribution is 6.33. The first-order valence-corrected chi connectivity index (χ1v) is 8.66. The normalized spacial score (nSPS) is 10.8. The maximum atomic E-state index is 15.0. The summed E-state index contributed by atoms with van der Waals surface area (Å²) in [5.74, 6) is -0.481. The van der Waals surface area contributed by atoms with Gasteiger partial charge in [0.15, 0.2) is 0 Å². The molecule has 3 aromatic rings. The second-order valence-electron chi connectivity index (χ2n) is 6.04. The summed E-state index contributed by atoms with van der Waals surface area (Å²) in [5.41, 5.74) is 2.97.